The highest BCUT2D eigenvalue weighted by molar-refractivity contribution is 7.89. The van der Waals surface area contributed by atoms with Crippen molar-refractivity contribution in [1.29, 1.82) is 0 Å². The zero-order valence-electron chi connectivity index (χ0n) is 13.0. The molecule has 0 atom stereocenters. The molecule has 9 heteroatoms. The third kappa shape index (κ3) is 3.28. The zero-order valence-corrected chi connectivity index (χ0v) is 14.7. The van der Waals surface area contributed by atoms with Gasteiger partial charge in [-0.2, -0.15) is 4.31 Å². The molecule has 0 unspecified atom stereocenters. The number of phenols is 1. The third-order valence-electron chi connectivity index (χ3n) is 3.75. The average Bonchev–Trinajstić information content (AvgIpc) is 3.19. The minimum atomic E-state index is -3.65. The summed E-state index contributed by atoms with van der Waals surface area (Å²) >= 11 is 1.26. The van der Waals surface area contributed by atoms with Gasteiger partial charge in [-0.3, -0.25) is 10.1 Å². The maximum absolute atomic E-state index is 12.6. The number of aromatic nitrogens is 1. The number of benzene rings is 1. The van der Waals surface area contributed by atoms with Gasteiger partial charge in [0.15, 0.2) is 5.13 Å². The summed E-state index contributed by atoms with van der Waals surface area (Å²) in [5.41, 5.74) is 0.674. The van der Waals surface area contributed by atoms with Crippen molar-refractivity contribution in [3.63, 3.8) is 0 Å². The standard InChI is InChI=1S/C15H17N3O4S2/c1-10-9-23-15(16-10)17-14(20)12-8-11(4-5-13(12)19)24(21,22)18-6-2-3-7-18/h4-5,8-9,19H,2-3,6-7H2,1H3,(H,16,17,20). The van der Waals surface area contributed by atoms with Crippen LogP contribution in [-0.4, -0.2) is 41.8 Å². The summed E-state index contributed by atoms with van der Waals surface area (Å²) in [4.78, 5) is 16.5. The summed E-state index contributed by atoms with van der Waals surface area (Å²) in [6.45, 7) is 2.75. The second-order valence-electron chi connectivity index (χ2n) is 5.54. The molecule has 1 amide bonds. The summed E-state index contributed by atoms with van der Waals surface area (Å²) in [6, 6.07) is 3.75. The van der Waals surface area contributed by atoms with Gasteiger partial charge in [-0.1, -0.05) is 0 Å². The second-order valence-corrected chi connectivity index (χ2v) is 8.33. The molecule has 24 heavy (non-hydrogen) atoms. The summed E-state index contributed by atoms with van der Waals surface area (Å²) in [7, 11) is -3.65. The maximum Gasteiger partial charge on any atom is 0.261 e. The number of phenolic OH excluding ortho intramolecular Hbond substituents is 1. The SMILES string of the molecule is Cc1csc(NC(=O)c2cc(S(=O)(=O)N3CCCC3)ccc2O)n1. The predicted octanol–water partition coefficient (Wildman–Crippen LogP) is 2.19. The predicted molar refractivity (Wildman–Crippen MR) is 90.9 cm³/mol. The van der Waals surface area contributed by atoms with E-state index in [-0.39, 0.29) is 16.2 Å². The van der Waals surface area contributed by atoms with Crippen molar-refractivity contribution in [3.05, 3.63) is 34.8 Å². The number of hydrogen-bond acceptors (Lipinski definition) is 6. The quantitative estimate of drug-likeness (QED) is 0.863. The van der Waals surface area contributed by atoms with E-state index in [1.807, 2.05) is 0 Å². The lowest BCUT2D eigenvalue weighted by Gasteiger charge is -2.16. The van der Waals surface area contributed by atoms with E-state index in [4.69, 9.17) is 0 Å². The van der Waals surface area contributed by atoms with Gasteiger partial charge in [-0.05, 0) is 38.0 Å². The van der Waals surface area contributed by atoms with Crippen molar-refractivity contribution >= 4 is 32.4 Å². The molecule has 1 aromatic heterocycles. The molecule has 0 saturated carbocycles. The fourth-order valence-corrected chi connectivity index (χ4v) is 4.74. The molecule has 0 spiro atoms. The van der Waals surface area contributed by atoms with Gasteiger partial charge in [0.2, 0.25) is 10.0 Å². The molecule has 7 nitrogen and oxygen atoms in total. The first-order valence-corrected chi connectivity index (χ1v) is 9.76. The topological polar surface area (TPSA) is 99.6 Å². The largest absolute Gasteiger partial charge is 0.507 e. The molecule has 1 fully saturated rings. The van der Waals surface area contributed by atoms with Crippen LogP contribution < -0.4 is 5.32 Å². The van der Waals surface area contributed by atoms with Gasteiger partial charge in [0.05, 0.1) is 16.2 Å². The number of carbonyl (C=O) groups excluding carboxylic acids is 1. The first-order valence-electron chi connectivity index (χ1n) is 7.44. The van der Waals surface area contributed by atoms with Crippen LogP contribution in [0.4, 0.5) is 5.13 Å². The van der Waals surface area contributed by atoms with E-state index in [0.717, 1.165) is 18.5 Å². The second kappa shape index (κ2) is 6.50. The molecule has 1 aliphatic rings. The third-order valence-corrected chi connectivity index (χ3v) is 6.53. The number of amides is 1. The van der Waals surface area contributed by atoms with Crippen molar-refractivity contribution in [3.8, 4) is 5.75 Å². The smallest absolute Gasteiger partial charge is 0.261 e. The molecule has 0 aliphatic carbocycles. The van der Waals surface area contributed by atoms with Crippen LogP contribution in [-0.2, 0) is 10.0 Å². The lowest BCUT2D eigenvalue weighted by molar-refractivity contribution is 0.102. The number of aromatic hydroxyl groups is 1. The van der Waals surface area contributed by atoms with E-state index in [1.165, 1.54) is 33.8 Å². The number of thiazole rings is 1. The van der Waals surface area contributed by atoms with Gasteiger partial charge in [0, 0.05) is 18.5 Å². The minimum Gasteiger partial charge on any atom is -0.507 e. The molecular formula is C15H17N3O4S2. The van der Waals surface area contributed by atoms with E-state index in [9.17, 15) is 18.3 Å². The summed E-state index contributed by atoms with van der Waals surface area (Å²) in [6.07, 6.45) is 1.65. The first-order chi connectivity index (χ1) is 11.4. The Morgan fingerprint density at radius 3 is 2.67 bits per heavy atom. The van der Waals surface area contributed by atoms with Crippen LogP contribution in [0.2, 0.25) is 0 Å². The van der Waals surface area contributed by atoms with Gasteiger partial charge in [0.25, 0.3) is 5.91 Å². The number of nitrogens with one attached hydrogen (secondary N) is 1. The lowest BCUT2D eigenvalue weighted by atomic mass is 10.2. The Hall–Kier alpha value is -1.97. The number of aryl methyl sites for hydroxylation is 1. The minimum absolute atomic E-state index is 0.00247. The van der Waals surface area contributed by atoms with E-state index < -0.39 is 15.9 Å². The summed E-state index contributed by atoms with van der Waals surface area (Å²) in [5, 5.41) is 14.7. The van der Waals surface area contributed by atoms with Crippen LogP contribution >= 0.6 is 11.3 Å². The van der Waals surface area contributed by atoms with Crippen molar-refractivity contribution in [2.45, 2.75) is 24.7 Å². The van der Waals surface area contributed by atoms with Gasteiger partial charge < -0.3 is 5.11 Å². The molecule has 2 aromatic rings. The van der Waals surface area contributed by atoms with Crippen LogP contribution in [0.15, 0.2) is 28.5 Å². The zero-order chi connectivity index (χ0) is 17.3. The van der Waals surface area contributed by atoms with Crippen LogP contribution in [0, 0.1) is 6.92 Å². The molecule has 1 aromatic carbocycles. The number of hydrogen-bond donors (Lipinski definition) is 2. The van der Waals surface area contributed by atoms with Crippen molar-refractivity contribution < 1.29 is 18.3 Å². The Morgan fingerprint density at radius 2 is 2.04 bits per heavy atom. The monoisotopic (exact) mass is 367 g/mol. The van der Waals surface area contributed by atoms with Gasteiger partial charge in [-0.15, -0.1) is 11.3 Å². The number of sulfonamides is 1. The molecular weight excluding hydrogens is 350 g/mol. The van der Waals surface area contributed by atoms with Crippen molar-refractivity contribution in [2.24, 2.45) is 0 Å². The molecule has 128 valence electrons. The van der Waals surface area contributed by atoms with E-state index >= 15 is 0 Å². The Labute approximate surface area is 144 Å². The molecule has 3 rings (SSSR count). The van der Waals surface area contributed by atoms with E-state index in [0.29, 0.717) is 18.2 Å². The highest BCUT2D eigenvalue weighted by Crippen LogP contribution is 2.27. The first kappa shape index (κ1) is 16.9. The molecule has 1 aliphatic heterocycles. The van der Waals surface area contributed by atoms with E-state index in [1.54, 1.807) is 12.3 Å². The van der Waals surface area contributed by atoms with Gasteiger partial charge in [-0.25, -0.2) is 13.4 Å². The lowest BCUT2D eigenvalue weighted by Crippen LogP contribution is -2.28. The van der Waals surface area contributed by atoms with Gasteiger partial charge in [0.1, 0.15) is 5.75 Å². The Bertz CT molecular complexity index is 871. The normalized spacial score (nSPS) is 15.5. The van der Waals surface area contributed by atoms with Crippen molar-refractivity contribution in [1.82, 2.24) is 9.29 Å². The maximum atomic E-state index is 12.6. The Balaban J connectivity index is 1.90. The van der Waals surface area contributed by atoms with Crippen LogP contribution in [0.5, 0.6) is 5.75 Å². The Morgan fingerprint density at radius 1 is 1.33 bits per heavy atom. The Kier molecular flexibility index (Phi) is 4.57. The molecule has 2 heterocycles. The van der Waals surface area contributed by atoms with Crippen LogP contribution in [0.1, 0.15) is 28.9 Å². The van der Waals surface area contributed by atoms with Gasteiger partial charge >= 0.3 is 0 Å². The number of nitrogens with zero attached hydrogens (tertiary/aromatic N) is 2. The highest BCUT2D eigenvalue weighted by Gasteiger charge is 2.28. The summed E-state index contributed by atoms with van der Waals surface area (Å²) in [5.74, 6) is -0.874. The fourth-order valence-electron chi connectivity index (χ4n) is 2.51. The summed E-state index contributed by atoms with van der Waals surface area (Å²) < 4.78 is 26.6. The van der Waals surface area contributed by atoms with Crippen molar-refractivity contribution in [2.75, 3.05) is 18.4 Å². The highest BCUT2D eigenvalue weighted by atomic mass is 32.2. The van der Waals surface area contributed by atoms with Crippen LogP contribution in [0.3, 0.4) is 0 Å². The molecule has 2 N–H and O–H groups in total. The van der Waals surface area contributed by atoms with Crippen LogP contribution in [0.25, 0.3) is 0 Å². The number of carbonyl (C=O) groups is 1. The van der Waals surface area contributed by atoms with E-state index in [2.05, 4.69) is 10.3 Å². The average molecular weight is 367 g/mol. The number of rotatable bonds is 4. The molecule has 1 saturated heterocycles. The molecule has 0 bridgehead atoms. The number of anilines is 1. The fraction of sp³-hybridized carbons (Fsp3) is 0.333. The molecule has 0 radical (unpaired) electrons.